The van der Waals surface area contributed by atoms with E-state index in [4.69, 9.17) is 4.42 Å². The monoisotopic (exact) mass is 244 g/mol. The molecule has 0 N–H and O–H groups in total. The van der Waals surface area contributed by atoms with Crippen molar-refractivity contribution in [3.63, 3.8) is 0 Å². The van der Waals surface area contributed by atoms with Gasteiger partial charge in [-0.25, -0.2) is 9.59 Å². The molecule has 0 amide bonds. The van der Waals surface area contributed by atoms with Gasteiger partial charge in [-0.15, -0.1) is 0 Å². The van der Waals surface area contributed by atoms with Crippen molar-refractivity contribution < 1.29 is 13.9 Å². The first kappa shape index (κ1) is 12.1. The SMILES string of the molecule is C=C(C(=O)OC)c1c(C)c(=O)oc2ccccc12. The lowest BCUT2D eigenvalue weighted by Gasteiger charge is -2.09. The van der Waals surface area contributed by atoms with E-state index in [-0.39, 0.29) is 5.57 Å². The van der Waals surface area contributed by atoms with Crippen LogP contribution in [-0.2, 0) is 9.53 Å². The minimum absolute atomic E-state index is 0.152. The third-order valence-electron chi connectivity index (χ3n) is 2.77. The summed E-state index contributed by atoms with van der Waals surface area (Å²) in [6, 6.07) is 7.00. The highest BCUT2D eigenvalue weighted by Gasteiger charge is 2.18. The van der Waals surface area contributed by atoms with Gasteiger partial charge in [-0.1, -0.05) is 24.8 Å². The zero-order valence-corrected chi connectivity index (χ0v) is 10.1. The maximum Gasteiger partial charge on any atom is 0.339 e. The average molecular weight is 244 g/mol. The number of benzene rings is 1. The fourth-order valence-corrected chi connectivity index (χ4v) is 1.86. The van der Waals surface area contributed by atoms with E-state index in [0.29, 0.717) is 22.1 Å². The number of carbonyl (C=O) groups excluding carboxylic acids is 1. The molecule has 1 aromatic heterocycles. The van der Waals surface area contributed by atoms with Crippen molar-refractivity contribution in [2.24, 2.45) is 0 Å². The molecule has 0 saturated heterocycles. The normalized spacial score (nSPS) is 10.3. The van der Waals surface area contributed by atoms with Crippen molar-refractivity contribution in [2.45, 2.75) is 6.92 Å². The molecular formula is C14H12O4. The standard InChI is InChI=1S/C14H12O4/c1-8(13(15)17-3)12-9(2)14(16)18-11-7-5-4-6-10(11)12/h4-7H,1H2,2-3H3. The largest absolute Gasteiger partial charge is 0.465 e. The zero-order valence-electron chi connectivity index (χ0n) is 10.1. The van der Waals surface area contributed by atoms with Gasteiger partial charge in [-0.05, 0) is 13.0 Å². The van der Waals surface area contributed by atoms with E-state index < -0.39 is 11.6 Å². The first-order valence-electron chi connectivity index (χ1n) is 5.36. The summed E-state index contributed by atoms with van der Waals surface area (Å²) < 4.78 is 9.79. The summed E-state index contributed by atoms with van der Waals surface area (Å²) in [5.74, 6) is -0.561. The summed E-state index contributed by atoms with van der Waals surface area (Å²) in [5.41, 5.74) is 0.929. The quantitative estimate of drug-likeness (QED) is 0.462. The molecule has 0 radical (unpaired) electrons. The van der Waals surface area contributed by atoms with Gasteiger partial charge in [0.2, 0.25) is 0 Å². The number of fused-ring (bicyclic) bond motifs is 1. The predicted octanol–water partition coefficient (Wildman–Crippen LogP) is 2.29. The summed E-state index contributed by atoms with van der Waals surface area (Å²) in [6.07, 6.45) is 0. The molecule has 0 fully saturated rings. The molecule has 0 bridgehead atoms. The smallest absolute Gasteiger partial charge is 0.339 e. The molecule has 0 aliphatic rings. The fourth-order valence-electron chi connectivity index (χ4n) is 1.86. The van der Waals surface area contributed by atoms with Crippen LogP contribution in [-0.4, -0.2) is 13.1 Å². The zero-order chi connectivity index (χ0) is 13.3. The number of hydrogen-bond donors (Lipinski definition) is 0. The van der Waals surface area contributed by atoms with Crippen LogP contribution in [0, 0.1) is 6.92 Å². The summed E-state index contributed by atoms with van der Waals surface area (Å²) >= 11 is 0. The van der Waals surface area contributed by atoms with Gasteiger partial charge < -0.3 is 9.15 Å². The van der Waals surface area contributed by atoms with Gasteiger partial charge >= 0.3 is 11.6 Å². The van der Waals surface area contributed by atoms with E-state index >= 15 is 0 Å². The van der Waals surface area contributed by atoms with Crippen LogP contribution >= 0.6 is 0 Å². The Morgan fingerprint density at radius 2 is 2.00 bits per heavy atom. The molecule has 0 spiro atoms. The van der Waals surface area contributed by atoms with E-state index in [2.05, 4.69) is 11.3 Å². The summed E-state index contributed by atoms with van der Waals surface area (Å²) in [5, 5.41) is 0.671. The Morgan fingerprint density at radius 3 is 2.67 bits per heavy atom. The summed E-state index contributed by atoms with van der Waals surface area (Å²) in [6.45, 7) is 5.29. The first-order valence-corrected chi connectivity index (χ1v) is 5.36. The molecule has 0 saturated carbocycles. The molecule has 4 nitrogen and oxygen atoms in total. The molecule has 2 aromatic rings. The van der Waals surface area contributed by atoms with Crippen LogP contribution in [0.4, 0.5) is 0 Å². The van der Waals surface area contributed by atoms with Gasteiger partial charge in [0.05, 0.1) is 12.7 Å². The van der Waals surface area contributed by atoms with E-state index in [1.807, 2.05) is 0 Å². The maximum atomic E-state index is 11.7. The third kappa shape index (κ3) is 1.82. The Kier molecular flexibility index (Phi) is 3.02. The van der Waals surface area contributed by atoms with Crippen LogP contribution in [0.3, 0.4) is 0 Å². The van der Waals surface area contributed by atoms with E-state index in [9.17, 15) is 9.59 Å². The van der Waals surface area contributed by atoms with Crippen molar-refractivity contribution in [3.8, 4) is 0 Å². The summed E-state index contributed by atoms with van der Waals surface area (Å²) in [4.78, 5) is 23.3. The number of esters is 1. The minimum atomic E-state index is -0.561. The lowest BCUT2D eigenvalue weighted by atomic mass is 9.99. The molecule has 1 aromatic carbocycles. The number of methoxy groups -OCH3 is 1. The van der Waals surface area contributed by atoms with Crippen molar-refractivity contribution in [1.29, 1.82) is 0 Å². The molecule has 0 atom stereocenters. The van der Waals surface area contributed by atoms with Crippen molar-refractivity contribution in [3.05, 3.63) is 52.4 Å². The highest BCUT2D eigenvalue weighted by atomic mass is 16.5. The molecular weight excluding hydrogens is 232 g/mol. The molecule has 0 aliphatic carbocycles. The Balaban J connectivity index is 2.83. The molecule has 18 heavy (non-hydrogen) atoms. The van der Waals surface area contributed by atoms with E-state index in [0.717, 1.165) is 0 Å². The van der Waals surface area contributed by atoms with Gasteiger partial charge in [-0.2, -0.15) is 0 Å². The second kappa shape index (κ2) is 4.49. The lowest BCUT2D eigenvalue weighted by Crippen LogP contribution is -2.11. The first-order chi connectivity index (χ1) is 8.56. The molecule has 2 rings (SSSR count). The number of ether oxygens (including phenoxy) is 1. The highest BCUT2D eigenvalue weighted by molar-refractivity contribution is 6.19. The number of carbonyl (C=O) groups is 1. The number of rotatable bonds is 2. The molecule has 4 heteroatoms. The van der Waals surface area contributed by atoms with E-state index in [1.165, 1.54) is 7.11 Å². The molecule has 1 heterocycles. The second-order valence-corrected chi connectivity index (χ2v) is 3.86. The third-order valence-corrected chi connectivity index (χ3v) is 2.77. The lowest BCUT2D eigenvalue weighted by molar-refractivity contribution is -0.133. The Morgan fingerprint density at radius 1 is 1.33 bits per heavy atom. The van der Waals surface area contributed by atoms with Crippen LogP contribution < -0.4 is 5.63 Å². The maximum absolute atomic E-state index is 11.7. The number of para-hydroxylation sites is 1. The van der Waals surface area contributed by atoms with Crippen LogP contribution in [0.25, 0.3) is 16.5 Å². The van der Waals surface area contributed by atoms with Gasteiger partial charge in [0, 0.05) is 16.5 Å². The Bertz CT molecular complexity index is 694. The van der Waals surface area contributed by atoms with Gasteiger partial charge in [0.25, 0.3) is 0 Å². The van der Waals surface area contributed by atoms with Gasteiger partial charge in [0.15, 0.2) is 0 Å². The molecule has 0 aliphatic heterocycles. The Labute approximate surface area is 103 Å². The van der Waals surface area contributed by atoms with Crippen molar-refractivity contribution in [2.75, 3.05) is 7.11 Å². The second-order valence-electron chi connectivity index (χ2n) is 3.86. The van der Waals surface area contributed by atoms with Crippen LogP contribution in [0.15, 0.2) is 40.1 Å². The predicted molar refractivity (Wildman–Crippen MR) is 68.3 cm³/mol. The number of hydrogen-bond acceptors (Lipinski definition) is 4. The highest BCUT2D eigenvalue weighted by Crippen LogP contribution is 2.26. The minimum Gasteiger partial charge on any atom is -0.465 e. The molecule has 92 valence electrons. The van der Waals surface area contributed by atoms with Crippen LogP contribution in [0.2, 0.25) is 0 Å². The van der Waals surface area contributed by atoms with Crippen molar-refractivity contribution in [1.82, 2.24) is 0 Å². The van der Waals surface area contributed by atoms with Crippen LogP contribution in [0.5, 0.6) is 0 Å². The topological polar surface area (TPSA) is 56.5 Å². The Hall–Kier alpha value is -2.36. The average Bonchev–Trinajstić information content (AvgIpc) is 2.38. The van der Waals surface area contributed by atoms with E-state index in [1.54, 1.807) is 31.2 Å². The van der Waals surface area contributed by atoms with Crippen molar-refractivity contribution >= 4 is 22.5 Å². The summed E-state index contributed by atoms with van der Waals surface area (Å²) in [7, 11) is 1.27. The fraction of sp³-hybridized carbons (Fsp3) is 0.143. The molecule has 0 unspecified atom stereocenters. The van der Waals surface area contributed by atoms with Gasteiger partial charge in [-0.3, -0.25) is 0 Å². The van der Waals surface area contributed by atoms with Gasteiger partial charge in [0.1, 0.15) is 5.58 Å². The van der Waals surface area contributed by atoms with Crippen LogP contribution in [0.1, 0.15) is 11.1 Å².